The molecular weight excluding hydrogens is 184 g/mol. The smallest absolute Gasteiger partial charge is 0.115 e. The van der Waals surface area contributed by atoms with Gasteiger partial charge in [0, 0.05) is 12.4 Å². The van der Waals surface area contributed by atoms with E-state index in [1.165, 1.54) is 0 Å². The molecule has 2 heterocycles. The van der Waals surface area contributed by atoms with Crippen molar-refractivity contribution in [3.05, 3.63) is 42.7 Å². The van der Waals surface area contributed by atoms with Gasteiger partial charge in [-0.05, 0) is 12.1 Å². The van der Waals surface area contributed by atoms with Gasteiger partial charge in [-0.1, -0.05) is 11.8 Å². The fourth-order valence-electron chi connectivity index (χ4n) is 0.900. The molecule has 0 unspecified atom stereocenters. The number of furan rings is 1. The molecule has 0 amide bonds. The molecule has 0 radical (unpaired) electrons. The highest BCUT2D eigenvalue weighted by Crippen LogP contribution is 2.19. The first-order valence-corrected chi connectivity index (χ1v) is 4.85. The average Bonchev–Trinajstić information content (AvgIpc) is 2.69. The van der Waals surface area contributed by atoms with E-state index < -0.39 is 0 Å². The van der Waals surface area contributed by atoms with Crippen molar-refractivity contribution in [3.8, 4) is 0 Å². The van der Waals surface area contributed by atoms with Crippen LogP contribution in [0.2, 0.25) is 0 Å². The van der Waals surface area contributed by atoms with Crippen LogP contribution < -0.4 is 0 Å². The van der Waals surface area contributed by atoms with Crippen molar-refractivity contribution >= 4 is 11.8 Å². The zero-order valence-electron chi connectivity index (χ0n) is 6.88. The van der Waals surface area contributed by atoms with Gasteiger partial charge in [0.25, 0.3) is 0 Å². The number of thioether (sulfide) groups is 1. The molecule has 0 atom stereocenters. The van der Waals surface area contributed by atoms with Gasteiger partial charge in [0.2, 0.25) is 0 Å². The number of aromatic nitrogens is 2. The third-order valence-corrected chi connectivity index (χ3v) is 2.42. The monoisotopic (exact) mass is 192 g/mol. The maximum atomic E-state index is 5.19. The summed E-state index contributed by atoms with van der Waals surface area (Å²) in [5, 5.41) is 0.916. The van der Waals surface area contributed by atoms with Gasteiger partial charge in [-0.2, -0.15) is 0 Å². The molecule has 0 saturated carbocycles. The molecular formula is C9H8N2OS. The van der Waals surface area contributed by atoms with Crippen LogP contribution in [0.3, 0.4) is 0 Å². The van der Waals surface area contributed by atoms with Gasteiger partial charge in [-0.15, -0.1) is 0 Å². The zero-order valence-corrected chi connectivity index (χ0v) is 7.70. The fraction of sp³-hybridized carbons (Fsp3) is 0.111. The molecule has 0 saturated heterocycles. The maximum absolute atomic E-state index is 5.19. The summed E-state index contributed by atoms with van der Waals surface area (Å²) in [6.45, 7) is 0. The maximum Gasteiger partial charge on any atom is 0.115 e. The summed E-state index contributed by atoms with van der Waals surface area (Å²) < 4.78 is 5.19. The van der Waals surface area contributed by atoms with E-state index in [9.17, 15) is 0 Å². The second-order valence-corrected chi connectivity index (χ2v) is 3.41. The Morgan fingerprint density at radius 1 is 1.38 bits per heavy atom. The van der Waals surface area contributed by atoms with E-state index in [1.807, 2.05) is 12.1 Å². The third kappa shape index (κ3) is 2.32. The Balaban J connectivity index is 1.94. The van der Waals surface area contributed by atoms with Gasteiger partial charge in [-0.3, -0.25) is 4.98 Å². The van der Waals surface area contributed by atoms with E-state index in [2.05, 4.69) is 9.97 Å². The molecule has 2 rings (SSSR count). The summed E-state index contributed by atoms with van der Waals surface area (Å²) in [4.78, 5) is 8.11. The van der Waals surface area contributed by atoms with Crippen LogP contribution in [-0.4, -0.2) is 9.97 Å². The van der Waals surface area contributed by atoms with Crippen LogP contribution in [0.5, 0.6) is 0 Å². The van der Waals surface area contributed by atoms with Crippen LogP contribution in [0.4, 0.5) is 0 Å². The summed E-state index contributed by atoms with van der Waals surface area (Å²) in [6, 6.07) is 3.83. The van der Waals surface area contributed by atoms with E-state index in [0.29, 0.717) is 0 Å². The largest absolute Gasteiger partial charge is 0.468 e. The van der Waals surface area contributed by atoms with Crippen LogP contribution in [0.1, 0.15) is 5.76 Å². The van der Waals surface area contributed by atoms with Gasteiger partial charge in [0.1, 0.15) is 10.8 Å². The lowest BCUT2D eigenvalue weighted by atomic mass is 10.5. The predicted molar refractivity (Wildman–Crippen MR) is 50.3 cm³/mol. The van der Waals surface area contributed by atoms with Crippen LogP contribution in [-0.2, 0) is 5.75 Å². The Morgan fingerprint density at radius 2 is 2.38 bits per heavy atom. The fourth-order valence-corrected chi connectivity index (χ4v) is 1.62. The first kappa shape index (κ1) is 8.31. The minimum Gasteiger partial charge on any atom is -0.468 e. The molecule has 0 aliphatic carbocycles. The Morgan fingerprint density at radius 3 is 3.08 bits per heavy atom. The van der Waals surface area contributed by atoms with Gasteiger partial charge in [0.15, 0.2) is 0 Å². The van der Waals surface area contributed by atoms with Gasteiger partial charge in [-0.25, -0.2) is 4.98 Å². The normalized spacial score (nSPS) is 10.2. The molecule has 0 N–H and O–H groups in total. The minimum absolute atomic E-state index is 0.797. The lowest BCUT2D eigenvalue weighted by molar-refractivity contribution is 0.530. The summed E-state index contributed by atoms with van der Waals surface area (Å²) in [7, 11) is 0. The van der Waals surface area contributed by atoms with E-state index in [1.54, 1.807) is 36.6 Å². The minimum atomic E-state index is 0.797. The lowest BCUT2D eigenvalue weighted by Crippen LogP contribution is -1.81. The summed E-state index contributed by atoms with van der Waals surface area (Å²) in [5.41, 5.74) is 0. The third-order valence-electron chi connectivity index (χ3n) is 1.48. The van der Waals surface area contributed by atoms with Crippen molar-refractivity contribution in [1.29, 1.82) is 0 Å². The van der Waals surface area contributed by atoms with Crippen LogP contribution >= 0.6 is 11.8 Å². The number of hydrogen-bond donors (Lipinski definition) is 0. The Bertz CT molecular complexity index is 347. The second kappa shape index (κ2) is 4.09. The molecule has 2 aromatic heterocycles. The van der Waals surface area contributed by atoms with E-state index >= 15 is 0 Å². The summed E-state index contributed by atoms with van der Waals surface area (Å²) in [6.07, 6.45) is 6.77. The van der Waals surface area contributed by atoms with Crippen molar-refractivity contribution in [1.82, 2.24) is 9.97 Å². The van der Waals surface area contributed by atoms with Gasteiger partial charge < -0.3 is 4.42 Å². The van der Waals surface area contributed by atoms with Crippen molar-refractivity contribution in [3.63, 3.8) is 0 Å². The van der Waals surface area contributed by atoms with E-state index in [-0.39, 0.29) is 0 Å². The van der Waals surface area contributed by atoms with Crippen LogP contribution in [0.25, 0.3) is 0 Å². The van der Waals surface area contributed by atoms with Crippen molar-refractivity contribution in [2.75, 3.05) is 0 Å². The summed E-state index contributed by atoms with van der Waals surface area (Å²) >= 11 is 1.61. The molecule has 0 aromatic carbocycles. The standard InChI is InChI=1S/C9H8N2OS/c1-2-8(12-5-1)7-13-9-6-10-3-4-11-9/h1-6H,7H2. The van der Waals surface area contributed by atoms with E-state index in [0.717, 1.165) is 16.5 Å². The molecule has 66 valence electrons. The number of nitrogens with zero attached hydrogens (tertiary/aromatic N) is 2. The molecule has 0 aliphatic heterocycles. The summed E-state index contributed by atoms with van der Waals surface area (Å²) in [5.74, 6) is 1.75. The topological polar surface area (TPSA) is 38.9 Å². The van der Waals surface area contributed by atoms with Gasteiger partial charge >= 0.3 is 0 Å². The highest BCUT2D eigenvalue weighted by atomic mass is 32.2. The van der Waals surface area contributed by atoms with Crippen LogP contribution in [0.15, 0.2) is 46.4 Å². The SMILES string of the molecule is c1coc(CSc2cnccn2)c1. The zero-order chi connectivity index (χ0) is 8.93. The molecule has 0 spiro atoms. The molecule has 4 heteroatoms. The number of hydrogen-bond acceptors (Lipinski definition) is 4. The quantitative estimate of drug-likeness (QED) is 0.700. The average molecular weight is 192 g/mol. The number of rotatable bonds is 3. The molecule has 13 heavy (non-hydrogen) atoms. The highest BCUT2D eigenvalue weighted by Gasteiger charge is 1.98. The molecule has 3 nitrogen and oxygen atoms in total. The molecule has 0 fully saturated rings. The van der Waals surface area contributed by atoms with Crippen molar-refractivity contribution in [2.24, 2.45) is 0 Å². The van der Waals surface area contributed by atoms with Gasteiger partial charge in [0.05, 0.1) is 18.2 Å². The van der Waals surface area contributed by atoms with Crippen molar-refractivity contribution < 1.29 is 4.42 Å². The predicted octanol–water partition coefficient (Wildman–Crippen LogP) is 2.36. The second-order valence-electron chi connectivity index (χ2n) is 2.41. The molecule has 2 aromatic rings. The Labute approximate surface area is 80.2 Å². The molecule has 0 aliphatic rings. The van der Waals surface area contributed by atoms with Crippen molar-refractivity contribution in [2.45, 2.75) is 10.8 Å². The first-order chi connectivity index (χ1) is 6.45. The van der Waals surface area contributed by atoms with E-state index in [4.69, 9.17) is 4.42 Å². The van der Waals surface area contributed by atoms with Crippen LogP contribution in [0, 0.1) is 0 Å². The highest BCUT2D eigenvalue weighted by molar-refractivity contribution is 7.98. The first-order valence-electron chi connectivity index (χ1n) is 3.86. The molecule has 0 bridgehead atoms. The lowest BCUT2D eigenvalue weighted by Gasteiger charge is -1.95. The Hall–Kier alpha value is -1.29. The Kier molecular flexibility index (Phi) is 2.62.